The van der Waals surface area contributed by atoms with E-state index in [0.717, 1.165) is 113 Å². The van der Waals surface area contributed by atoms with Crippen molar-refractivity contribution in [3.05, 3.63) is 229 Å². The molecule has 0 bridgehead atoms. The second-order valence-corrected chi connectivity index (χ2v) is 16.5. The van der Waals surface area contributed by atoms with E-state index < -0.39 is 0 Å². The molecule has 64 heavy (non-hydrogen) atoms. The van der Waals surface area contributed by atoms with Crippen molar-refractivity contribution in [1.82, 2.24) is 29.1 Å². The summed E-state index contributed by atoms with van der Waals surface area (Å²) >= 11 is 0. The lowest BCUT2D eigenvalue weighted by molar-refractivity contribution is 1.09. The van der Waals surface area contributed by atoms with E-state index in [4.69, 9.17) is 19.9 Å². The summed E-state index contributed by atoms with van der Waals surface area (Å²) in [6, 6.07) is 56.6. The summed E-state index contributed by atoms with van der Waals surface area (Å²) in [7, 11) is 0. The third-order valence-corrected chi connectivity index (χ3v) is 13.0. The van der Waals surface area contributed by atoms with Crippen LogP contribution in [0.2, 0.25) is 0 Å². The summed E-state index contributed by atoms with van der Waals surface area (Å²) < 4.78 is 4.85. The van der Waals surface area contributed by atoms with Crippen LogP contribution in [0.25, 0.3) is 99.9 Å². The number of allylic oxidation sites excluding steroid dienone is 6. The van der Waals surface area contributed by atoms with E-state index in [-0.39, 0.29) is 0 Å². The summed E-state index contributed by atoms with van der Waals surface area (Å²) in [5.41, 5.74) is 22.4. The standard InChI is InChI=1S/C58H38N6/c1-2-15-41(44(18-3-1)50-20-8-10-28-59-50)39-25-27-53-49(34-39)58-55(23-13-31-62-58)64(53)56-36-40(35-46-43-17-5-4-14-37(43)32-47(46)56)63-52-26-24-38(33-48(52)57-54(63)22-12-30-61-57)42-16-6-7-19-45(42)51-21-9-11-29-60-51/h1-2,4-31,33-36H,3,32H2. The fourth-order valence-corrected chi connectivity index (χ4v) is 10.2. The highest BCUT2D eigenvalue weighted by atomic mass is 15.0. The molecule has 0 unspecified atom stereocenters. The van der Waals surface area contributed by atoms with Gasteiger partial charge < -0.3 is 9.13 Å². The molecule has 5 aromatic carbocycles. The van der Waals surface area contributed by atoms with Crippen LogP contribution in [-0.4, -0.2) is 29.1 Å². The molecule has 0 radical (unpaired) electrons. The van der Waals surface area contributed by atoms with Gasteiger partial charge >= 0.3 is 0 Å². The molecule has 0 fully saturated rings. The van der Waals surface area contributed by atoms with Crippen molar-refractivity contribution in [2.75, 3.05) is 0 Å². The lowest BCUT2D eigenvalue weighted by Gasteiger charge is -2.18. The molecule has 0 amide bonds. The number of fused-ring (bicyclic) bond motifs is 9. The van der Waals surface area contributed by atoms with Gasteiger partial charge in [0.15, 0.2) is 0 Å². The number of pyridine rings is 4. The number of aromatic nitrogens is 6. The SMILES string of the molecule is C1=CCC=C(c2ccccn2)C(c2ccc3c(c2)c2ncccc2n3-c2cc(-n3c4ccc(-c5ccccc5-c5ccccn5)cc4c4ncccc43)cc3c2Cc2ccccc2-3)=C1. The molecular formula is C58H38N6. The summed E-state index contributed by atoms with van der Waals surface area (Å²) in [6.07, 6.45) is 18.1. The summed E-state index contributed by atoms with van der Waals surface area (Å²) in [5, 5.41) is 2.21. The van der Waals surface area contributed by atoms with Gasteiger partial charge in [0, 0.05) is 58.8 Å². The minimum atomic E-state index is 0.839. The minimum absolute atomic E-state index is 0.839. The molecule has 6 heteroatoms. The maximum Gasteiger partial charge on any atom is 0.0963 e. The molecule has 11 aromatic rings. The third kappa shape index (κ3) is 5.66. The molecule has 2 aliphatic rings. The molecule has 2 aliphatic carbocycles. The second kappa shape index (κ2) is 14.6. The van der Waals surface area contributed by atoms with Crippen molar-refractivity contribution in [2.24, 2.45) is 0 Å². The first-order chi connectivity index (χ1) is 31.8. The lowest BCUT2D eigenvalue weighted by Crippen LogP contribution is -2.03. The Morgan fingerprint density at radius 3 is 1.84 bits per heavy atom. The van der Waals surface area contributed by atoms with E-state index in [9.17, 15) is 0 Å². The fourth-order valence-electron chi connectivity index (χ4n) is 10.2. The topological polar surface area (TPSA) is 61.4 Å². The summed E-state index contributed by atoms with van der Waals surface area (Å²) in [5.74, 6) is 0. The molecule has 0 N–H and O–H groups in total. The lowest BCUT2D eigenvalue weighted by atomic mass is 9.94. The van der Waals surface area contributed by atoms with Crippen molar-refractivity contribution >= 4 is 55.0 Å². The monoisotopic (exact) mass is 818 g/mol. The van der Waals surface area contributed by atoms with Gasteiger partial charge in [-0.25, -0.2) is 0 Å². The van der Waals surface area contributed by atoms with Gasteiger partial charge in [0.05, 0.1) is 50.2 Å². The molecule has 0 aliphatic heterocycles. The molecule has 0 spiro atoms. The van der Waals surface area contributed by atoms with E-state index >= 15 is 0 Å². The van der Waals surface area contributed by atoms with Crippen LogP contribution in [0, 0.1) is 0 Å². The van der Waals surface area contributed by atoms with Crippen LogP contribution in [0.1, 0.15) is 28.8 Å². The van der Waals surface area contributed by atoms with Crippen molar-refractivity contribution in [3.63, 3.8) is 0 Å². The molecule has 6 nitrogen and oxygen atoms in total. The van der Waals surface area contributed by atoms with Gasteiger partial charge in [0.1, 0.15) is 0 Å². The largest absolute Gasteiger partial charge is 0.308 e. The molecule has 6 aromatic heterocycles. The Labute approximate surface area is 369 Å². The van der Waals surface area contributed by atoms with Gasteiger partial charge in [0.25, 0.3) is 0 Å². The molecular weight excluding hydrogens is 781 g/mol. The van der Waals surface area contributed by atoms with E-state index in [0.29, 0.717) is 0 Å². The zero-order chi connectivity index (χ0) is 42.1. The fraction of sp³-hybridized carbons (Fsp3) is 0.0345. The van der Waals surface area contributed by atoms with Crippen LogP contribution in [0.5, 0.6) is 0 Å². The second-order valence-electron chi connectivity index (χ2n) is 16.5. The molecule has 13 rings (SSSR count). The minimum Gasteiger partial charge on any atom is -0.308 e. The Bertz CT molecular complexity index is 3780. The molecule has 6 heterocycles. The average Bonchev–Trinajstić information content (AvgIpc) is 3.93. The van der Waals surface area contributed by atoms with E-state index in [2.05, 4.69) is 167 Å². The van der Waals surface area contributed by atoms with Crippen LogP contribution in [0.3, 0.4) is 0 Å². The quantitative estimate of drug-likeness (QED) is 0.168. The van der Waals surface area contributed by atoms with Crippen molar-refractivity contribution in [2.45, 2.75) is 12.8 Å². The van der Waals surface area contributed by atoms with Gasteiger partial charge in [-0.1, -0.05) is 97.1 Å². The molecule has 0 saturated carbocycles. The van der Waals surface area contributed by atoms with Gasteiger partial charge in [-0.15, -0.1) is 0 Å². The Kier molecular flexibility index (Phi) is 8.24. The Hall–Kier alpha value is -8.48. The first kappa shape index (κ1) is 36.2. The number of hydrogen-bond donors (Lipinski definition) is 0. The molecule has 0 atom stereocenters. The van der Waals surface area contributed by atoms with Crippen molar-refractivity contribution in [3.8, 4) is 44.9 Å². The predicted molar refractivity (Wildman–Crippen MR) is 262 cm³/mol. The average molecular weight is 819 g/mol. The summed E-state index contributed by atoms with van der Waals surface area (Å²) in [6.45, 7) is 0. The smallest absolute Gasteiger partial charge is 0.0963 e. The first-order valence-corrected chi connectivity index (χ1v) is 21.8. The number of rotatable bonds is 6. The number of benzene rings is 5. The highest BCUT2D eigenvalue weighted by molar-refractivity contribution is 6.12. The van der Waals surface area contributed by atoms with E-state index in [1.807, 2.05) is 49.1 Å². The van der Waals surface area contributed by atoms with Gasteiger partial charge in [-0.3, -0.25) is 19.9 Å². The van der Waals surface area contributed by atoms with Crippen molar-refractivity contribution < 1.29 is 0 Å². The maximum atomic E-state index is 5.08. The van der Waals surface area contributed by atoms with Gasteiger partial charge in [-0.2, -0.15) is 0 Å². The van der Waals surface area contributed by atoms with Crippen LogP contribution in [0.15, 0.2) is 207 Å². The van der Waals surface area contributed by atoms with E-state index in [1.54, 1.807) is 0 Å². The van der Waals surface area contributed by atoms with Crippen molar-refractivity contribution in [1.29, 1.82) is 0 Å². The number of hydrogen-bond acceptors (Lipinski definition) is 4. The maximum absolute atomic E-state index is 5.08. The van der Waals surface area contributed by atoms with E-state index in [1.165, 1.54) is 22.3 Å². The Balaban J connectivity index is 1.04. The Morgan fingerprint density at radius 1 is 0.438 bits per heavy atom. The third-order valence-electron chi connectivity index (χ3n) is 13.0. The first-order valence-electron chi connectivity index (χ1n) is 21.8. The predicted octanol–water partition coefficient (Wildman–Crippen LogP) is 13.8. The zero-order valence-corrected chi connectivity index (χ0v) is 34.7. The number of nitrogens with zero attached hydrogens (tertiary/aromatic N) is 6. The van der Waals surface area contributed by atoms with Crippen LogP contribution in [0.4, 0.5) is 0 Å². The zero-order valence-electron chi connectivity index (χ0n) is 34.7. The van der Waals surface area contributed by atoms with Gasteiger partial charge in [-0.05, 0) is 136 Å². The molecule has 0 saturated heterocycles. The van der Waals surface area contributed by atoms with Gasteiger partial charge in [0.2, 0.25) is 0 Å². The van der Waals surface area contributed by atoms with Crippen LogP contribution >= 0.6 is 0 Å². The summed E-state index contributed by atoms with van der Waals surface area (Å²) in [4.78, 5) is 19.6. The normalized spacial score (nSPS) is 13.3. The highest BCUT2D eigenvalue weighted by Gasteiger charge is 2.27. The highest BCUT2D eigenvalue weighted by Crippen LogP contribution is 2.46. The van der Waals surface area contributed by atoms with Crippen LogP contribution in [-0.2, 0) is 6.42 Å². The molecule has 300 valence electrons. The van der Waals surface area contributed by atoms with Crippen LogP contribution < -0.4 is 0 Å². The Morgan fingerprint density at radius 2 is 1.08 bits per heavy atom.